The van der Waals surface area contributed by atoms with Gasteiger partial charge in [0, 0.05) is 15.1 Å². The number of esters is 1. The standard InChI is InChI=1S/C20H18BrClO4/c1-3-26-20(25)17(12(2)23)18(14-5-4-6-15(21)11-14)19(24)13-7-9-16(22)10-8-13/h4-11,17-18H,3H2,1-2H3. The Morgan fingerprint density at radius 3 is 2.31 bits per heavy atom. The molecular formula is C20H18BrClO4. The molecule has 0 fully saturated rings. The van der Waals surface area contributed by atoms with Crippen LogP contribution in [0.15, 0.2) is 53.0 Å². The molecule has 0 bridgehead atoms. The van der Waals surface area contributed by atoms with Gasteiger partial charge in [-0.2, -0.15) is 0 Å². The average molecular weight is 438 g/mol. The molecule has 0 saturated carbocycles. The Morgan fingerprint density at radius 2 is 1.77 bits per heavy atom. The van der Waals surface area contributed by atoms with Gasteiger partial charge in [-0.1, -0.05) is 39.7 Å². The van der Waals surface area contributed by atoms with Gasteiger partial charge >= 0.3 is 5.97 Å². The highest BCUT2D eigenvalue weighted by Gasteiger charge is 2.39. The second kappa shape index (κ2) is 9.10. The van der Waals surface area contributed by atoms with E-state index < -0.39 is 23.6 Å². The van der Waals surface area contributed by atoms with E-state index in [1.165, 1.54) is 6.92 Å². The number of Topliss-reactive ketones (excluding diaryl/α,β-unsaturated/α-hetero) is 2. The van der Waals surface area contributed by atoms with Crippen LogP contribution in [0.2, 0.25) is 5.02 Å². The van der Waals surface area contributed by atoms with E-state index in [0.29, 0.717) is 16.1 Å². The lowest BCUT2D eigenvalue weighted by molar-refractivity contribution is -0.151. The van der Waals surface area contributed by atoms with Crippen LogP contribution in [0.4, 0.5) is 0 Å². The Labute approximate surface area is 165 Å². The zero-order valence-corrected chi connectivity index (χ0v) is 16.7. The lowest BCUT2D eigenvalue weighted by Gasteiger charge is -2.23. The molecule has 0 aliphatic rings. The summed E-state index contributed by atoms with van der Waals surface area (Å²) < 4.78 is 5.80. The predicted octanol–water partition coefficient (Wildman–Crippen LogP) is 4.84. The molecule has 0 aromatic heterocycles. The first kappa shape index (κ1) is 20.3. The van der Waals surface area contributed by atoms with Crippen molar-refractivity contribution in [1.29, 1.82) is 0 Å². The third-order valence-corrected chi connectivity index (χ3v) is 4.68. The highest BCUT2D eigenvalue weighted by molar-refractivity contribution is 9.10. The fourth-order valence-electron chi connectivity index (χ4n) is 2.76. The SMILES string of the molecule is CCOC(=O)C(C(C)=O)C(C(=O)c1ccc(Cl)cc1)c1cccc(Br)c1. The summed E-state index contributed by atoms with van der Waals surface area (Å²) in [7, 11) is 0. The largest absolute Gasteiger partial charge is 0.465 e. The van der Waals surface area contributed by atoms with E-state index in [0.717, 1.165) is 4.47 Å². The zero-order valence-electron chi connectivity index (χ0n) is 14.4. The van der Waals surface area contributed by atoms with E-state index in [1.54, 1.807) is 55.5 Å². The van der Waals surface area contributed by atoms with Crippen molar-refractivity contribution in [2.45, 2.75) is 19.8 Å². The van der Waals surface area contributed by atoms with Crippen LogP contribution in [0.5, 0.6) is 0 Å². The first-order chi connectivity index (χ1) is 12.3. The van der Waals surface area contributed by atoms with Crippen molar-refractivity contribution in [3.05, 3.63) is 69.2 Å². The molecule has 0 heterocycles. The van der Waals surface area contributed by atoms with Gasteiger partial charge in [0.15, 0.2) is 5.78 Å². The summed E-state index contributed by atoms with van der Waals surface area (Å²) in [6.07, 6.45) is 0. The van der Waals surface area contributed by atoms with Crippen LogP contribution in [-0.2, 0) is 14.3 Å². The van der Waals surface area contributed by atoms with Gasteiger partial charge in [0.25, 0.3) is 0 Å². The van der Waals surface area contributed by atoms with Gasteiger partial charge in [-0.15, -0.1) is 0 Å². The summed E-state index contributed by atoms with van der Waals surface area (Å²) in [5.41, 5.74) is 0.933. The molecule has 2 atom stereocenters. The zero-order chi connectivity index (χ0) is 19.3. The molecule has 2 aromatic rings. The minimum atomic E-state index is -1.22. The van der Waals surface area contributed by atoms with Crippen LogP contribution in [0.1, 0.15) is 35.7 Å². The molecule has 0 N–H and O–H groups in total. The maximum absolute atomic E-state index is 13.2. The number of ketones is 2. The van der Waals surface area contributed by atoms with Crippen LogP contribution in [-0.4, -0.2) is 24.1 Å². The molecule has 26 heavy (non-hydrogen) atoms. The molecule has 136 valence electrons. The van der Waals surface area contributed by atoms with Crippen LogP contribution < -0.4 is 0 Å². The van der Waals surface area contributed by atoms with E-state index in [-0.39, 0.29) is 12.4 Å². The van der Waals surface area contributed by atoms with Gasteiger partial charge in [0.2, 0.25) is 0 Å². The van der Waals surface area contributed by atoms with Crippen molar-refractivity contribution in [3.8, 4) is 0 Å². The Hall–Kier alpha value is -1.98. The van der Waals surface area contributed by atoms with Crippen LogP contribution >= 0.6 is 27.5 Å². The van der Waals surface area contributed by atoms with Crippen molar-refractivity contribution < 1.29 is 19.1 Å². The summed E-state index contributed by atoms with van der Waals surface area (Å²) in [6.45, 7) is 3.08. The molecular weight excluding hydrogens is 420 g/mol. The van der Waals surface area contributed by atoms with E-state index in [2.05, 4.69) is 15.9 Å². The van der Waals surface area contributed by atoms with Crippen molar-refractivity contribution in [2.75, 3.05) is 6.61 Å². The van der Waals surface area contributed by atoms with E-state index in [1.807, 2.05) is 0 Å². The first-order valence-electron chi connectivity index (χ1n) is 8.07. The van der Waals surface area contributed by atoms with Crippen LogP contribution in [0.3, 0.4) is 0 Å². The molecule has 0 radical (unpaired) electrons. The maximum Gasteiger partial charge on any atom is 0.317 e. The molecule has 4 nitrogen and oxygen atoms in total. The van der Waals surface area contributed by atoms with Crippen molar-refractivity contribution in [2.24, 2.45) is 5.92 Å². The van der Waals surface area contributed by atoms with Gasteiger partial charge < -0.3 is 4.74 Å². The number of rotatable bonds is 7. The van der Waals surface area contributed by atoms with Gasteiger partial charge in [0.1, 0.15) is 11.7 Å². The first-order valence-corrected chi connectivity index (χ1v) is 9.24. The van der Waals surface area contributed by atoms with Crippen molar-refractivity contribution in [3.63, 3.8) is 0 Å². The minimum Gasteiger partial charge on any atom is -0.465 e. The Morgan fingerprint density at radius 1 is 1.12 bits per heavy atom. The summed E-state index contributed by atoms with van der Waals surface area (Å²) in [4.78, 5) is 37.9. The number of hydrogen-bond donors (Lipinski definition) is 0. The van der Waals surface area contributed by atoms with Gasteiger partial charge in [-0.3, -0.25) is 14.4 Å². The molecule has 6 heteroatoms. The summed E-state index contributed by atoms with van der Waals surface area (Å²) >= 11 is 9.26. The number of ether oxygens (including phenoxy) is 1. The van der Waals surface area contributed by atoms with Gasteiger partial charge in [0.05, 0.1) is 12.5 Å². The molecule has 0 aliphatic carbocycles. The predicted molar refractivity (Wildman–Crippen MR) is 103 cm³/mol. The number of carbonyl (C=O) groups is 3. The normalized spacial score (nSPS) is 12.9. The lowest BCUT2D eigenvalue weighted by atomic mass is 9.78. The Bertz CT molecular complexity index is 817. The molecule has 2 aromatic carbocycles. The minimum absolute atomic E-state index is 0.128. The van der Waals surface area contributed by atoms with Crippen LogP contribution in [0, 0.1) is 5.92 Å². The molecule has 0 amide bonds. The topological polar surface area (TPSA) is 60.4 Å². The molecule has 2 unspecified atom stereocenters. The number of halogens is 2. The monoisotopic (exact) mass is 436 g/mol. The quantitative estimate of drug-likeness (QED) is 0.353. The second-order valence-corrected chi connectivity index (χ2v) is 7.10. The lowest BCUT2D eigenvalue weighted by Crippen LogP contribution is -2.34. The third-order valence-electron chi connectivity index (χ3n) is 3.93. The Balaban J connectivity index is 2.57. The van der Waals surface area contributed by atoms with Crippen molar-refractivity contribution in [1.82, 2.24) is 0 Å². The number of hydrogen-bond acceptors (Lipinski definition) is 4. The number of benzene rings is 2. The molecule has 0 saturated heterocycles. The van der Waals surface area contributed by atoms with Crippen LogP contribution in [0.25, 0.3) is 0 Å². The van der Waals surface area contributed by atoms with Gasteiger partial charge in [-0.05, 0) is 55.8 Å². The highest BCUT2D eigenvalue weighted by atomic mass is 79.9. The third kappa shape index (κ3) is 4.80. The van der Waals surface area contributed by atoms with Crippen molar-refractivity contribution >= 4 is 45.1 Å². The smallest absolute Gasteiger partial charge is 0.317 e. The van der Waals surface area contributed by atoms with Gasteiger partial charge in [-0.25, -0.2) is 0 Å². The van der Waals surface area contributed by atoms with E-state index >= 15 is 0 Å². The van der Waals surface area contributed by atoms with E-state index in [4.69, 9.17) is 16.3 Å². The van der Waals surface area contributed by atoms with E-state index in [9.17, 15) is 14.4 Å². The highest BCUT2D eigenvalue weighted by Crippen LogP contribution is 2.32. The fraction of sp³-hybridized carbons (Fsp3) is 0.250. The molecule has 2 rings (SSSR count). The summed E-state index contributed by atoms with van der Waals surface area (Å²) in [6, 6.07) is 13.4. The molecule has 0 spiro atoms. The summed E-state index contributed by atoms with van der Waals surface area (Å²) in [5, 5.41) is 0.495. The average Bonchev–Trinajstić information content (AvgIpc) is 2.59. The molecule has 0 aliphatic heterocycles. The fourth-order valence-corrected chi connectivity index (χ4v) is 3.30. The number of carbonyl (C=O) groups excluding carboxylic acids is 3. The summed E-state index contributed by atoms with van der Waals surface area (Å²) in [5.74, 6) is -3.66. The Kier molecular flexibility index (Phi) is 7.12. The maximum atomic E-state index is 13.2. The second-order valence-electron chi connectivity index (χ2n) is 5.74.